The largest absolute Gasteiger partial charge is 0.478 e. The zero-order valence-electron chi connectivity index (χ0n) is 17.4. The Morgan fingerprint density at radius 1 is 1.15 bits per heavy atom. The number of benzene rings is 2. The standard InChI is InChI=1S/C23H18F2N6O2.CH4/c1-31-21-15(11-28-31)20(18-16(24)3-2-4-17(18)25)26-9-13-10-27-23(30-19(13)21)29-14-7-5-12(6-8-14)22(32)33;/h2-8,10-11,15,21H,9H2,1H3,(H,32,33)(H,27,29,30);1H4. The van der Waals surface area contributed by atoms with E-state index < -0.39 is 29.6 Å². The minimum Gasteiger partial charge on any atom is -0.478 e. The van der Waals surface area contributed by atoms with E-state index in [4.69, 9.17) is 5.11 Å². The second-order valence-electron chi connectivity index (χ2n) is 7.72. The van der Waals surface area contributed by atoms with Gasteiger partial charge in [-0.15, -0.1) is 0 Å². The lowest BCUT2D eigenvalue weighted by Crippen LogP contribution is -2.29. The number of halogens is 2. The molecule has 2 aromatic carbocycles. The Kier molecular flexibility index (Phi) is 6.06. The predicted octanol–water partition coefficient (Wildman–Crippen LogP) is 4.42. The van der Waals surface area contributed by atoms with Crippen molar-refractivity contribution >= 4 is 29.5 Å². The molecule has 0 saturated carbocycles. The summed E-state index contributed by atoms with van der Waals surface area (Å²) >= 11 is 0. The molecular formula is C24H22F2N6O2. The van der Waals surface area contributed by atoms with Crippen LogP contribution in [0.3, 0.4) is 0 Å². The Morgan fingerprint density at radius 3 is 2.53 bits per heavy atom. The second kappa shape index (κ2) is 8.97. The third kappa shape index (κ3) is 3.98. The monoisotopic (exact) mass is 464 g/mol. The zero-order chi connectivity index (χ0) is 23.1. The Labute approximate surface area is 194 Å². The summed E-state index contributed by atoms with van der Waals surface area (Å²) < 4.78 is 29.2. The summed E-state index contributed by atoms with van der Waals surface area (Å²) in [6.07, 6.45) is 3.26. The Bertz CT molecular complexity index is 1290. The van der Waals surface area contributed by atoms with E-state index in [-0.39, 0.29) is 30.8 Å². The van der Waals surface area contributed by atoms with Crippen LogP contribution in [0.2, 0.25) is 0 Å². The molecule has 2 aliphatic heterocycles. The van der Waals surface area contributed by atoms with Crippen molar-refractivity contribution in [2.24, 2.45) is 16.0 Å². The lowest BCUT2D eigenvalue weighted by atomic mass is 9.89. The SMILES string of the molecule is C.CN1N=CC2C(c3c(F)cccc3F)=NCc3cnc(Nc4ccc(C(=O)O)cc4)nc3C21. The number of fused-ring (bicyclic) bond motifs is 3. The summed E-state index contributed by atoms with van der Waals surface area (Å²) in [5, 5.41) is 18.2. The first-order chi connectivity index (χ1) is 15.9. The molecule has 2 aliphatic rings. The minimum absolute atomic E-state index is 0. The number of hydrogen-bond acceptors (Lipinski definition) is 7. The second-order valence-corrected chi connectivity index (χ2v) is 7.72. The third-order valence-electron chi connectivity index (χ3n) is 5.67. The number of aromatic carboxylic acids is 1. The van der Waals surface area contributed by atoms with Crippen molar-refractivity contribution < 1.29 is 18.7 Å². The van der Waals surface area contributed by atoms with Crippen molar-refractivity contribution in [1.29, 1.82) is 0 Å². The Morgan fingerprint density at radius 2 is 1.85 bits per heavy atom. The van der Waals surface area contributed by atoms with Crippen LogP contribution < -0.4 is 5.32 Å². The summed E-state index contributed by atoms with van der Waals surface area (Å²) in [5.41, 5.74) is 2.27. The molecule has 5 rings (SSSR count). The van der Waals surface area contributed by atoms with E-state index in [1.807, 2.05) is 0 Å². The fourth-order valence-electron chi connectivity index (χ4n) is 4.08. The zero-order valence-corrected chi connectivity index (χ0v) is 17.4. The van der Waals surface area contributed by atoms with Crippen LogP contribution in [0.1, 0.15) is 40.6 Å². The van der Waals surface area contributed by atoms with E-state index in [0.717, 1.165) is 5.56 Å². The number of nitrogens with zero attached hydrogens (tertiary/aromatic N) is 5. The molecule has 1 aromatic heterocycles. The van der Waals surface area contributed by atoms with Gasteiger partial charge in [-0.3, -0.25) is 10.0 Å². The third-order valence-corrected chi connectivity index (χ3v) is 5.67. The fourth-order valence-corrected chi connectivity index (χ4v) is 4.08. The maximum absolute atomic E-state index is 14.6. The van der Waals surface area contributed by atoms with Crippen LogP contribution in [-0.4, -0.2) is 45.0 Å². The first-order valence-corrected chi connectivity index (χ1v) is 10.1. The molecule has 0 spiro atoms. The van der Waals surface area contributed by atoms with Crippen LogP contribution in [0.25, 0.3) is 0 Å². The predicted molar refractivity (Wildman–Crippen MR) is 125 cm³/mol. The quantitative estimate of drug-likeness (QED) is 0.592. The van der Waals surface area contributed by atoms with Gasteiger partial charge in [-0.25, -0.2) is 23.5 Å². The van der Waals surface area contributed by atoms with Crippen molar-refractivity contribution in [3.05, 3.63) is 82.7 Å². The smallest absolute Gasteiger partial charge is 0.335 e. The summed E-state index contributed by atoms with van der Waals surface area (Å²) in [7, 11) is 1.77. The molecule has 10 heteroatoms. The number of hydrogen-bond donors (Lipinski definition) is 2. The molecule has 34 heavy (non-hydrogen) atoms. The highest BCUT2D eigenvalue weighted by atomic mass is 19.1. The van der Waals surface area contributed by atoms with Crippen LogP contribution in [0.5, 0.6) is 0 Å². The molecule has 0 aliphatic carbocycles. The van der Waals surface area contributed by atoms with Crippen LogP contribution in [0.15, 0.2) is 58.8 Å². The van der Waals surface area contributed by atoms with Gasteiger partial charge in [0.1, 0.15) is 17.7 Å². The molecule has 0 saturated heterocycles. The maximum Gasteiger partial charge on any atom is 0.335 e. The fraction of sp³-hybridized carbons (Fsp3) is 0.208. The molecule has 2 atom stereocenters. The number of carbonyl (C=O) groups is 1. The van der Waals surface area contributed by atoms with Crippen LogP contribution in [-0.2, 0) is 6.54 Å². The van der Waals surface area contributed by atoms with Crippen molar-refractivity contribution in [3.8, 4) is 0 Å². The van der Waals surface area contributed by atoms with Gasteiger partial charge in [-0.2, -0.15) is 5.10 Å². The van der Waals surface area contributed by atoms with Crippen molar-refractivity contribution in [2.45, 2.75) is 20.0 Å². The van der Waals surface area contributed by atoms with Gasteiger partial charge in [0, 0.05) is 30.7 Å². The van der Waals surface area contributed by atoms with Gasteiger partial charge in [-0.05, 0) is 36.4 Å². The summed E-state index contributed by atoms with van der Waals surface area (Å²) in [4.78, 5) is 24.6. The number of aliphatic imine (C=N–C) groups is 1. The molecular weight excluding hydrogens is 442 g/mol. The normalized spacial score (nSPS) is 18.3. The number of anilines is 2. The van der Waals surface area contributed by atoms with E-state index >= 15 is 0 Å². The molecule has 0 amide bonds. The van der Waals surface area contributed by atoms with E-state index in [0.29, 0.717) is 17.3 Å². The maximum atomic E-state index is 14.6. The first kappa shape index (κ1) is 23.0. The van der Waals surface area contributed by atoms with Crippen molar-refractivity contribution in [2.75, 3.05) is 12.4 Å². The number of carboxylic acids is 1. The number of nitrogens with one attached hydrogen (secondary N) is 1. The first-order valence-electron chi connectivity index (χ1n) is 10.1. The molecule has 2 unspecified atom stereocenters. The molecule has 174 valence electrons. The van der Waals surface area contributed by atoms with E-state index in [1.165, 1.54) is 30.3 Å². The number of hydrazone groups is 1. The summed E-state index contributed by atoms with van der Waals surface area (Å²) in [6, 6.07) is 9.51. The summed E-state index contributed by atoms with van der Waals surface area (Å²) in [5.74, 6) is -2.57. The average Bonchev–Trinajstić information content (AvgIpc) is 3.09. The van der Waals surface area contributed by atoms with Crippen molar-refractivity contribution in [3.63, 3.8) is 0 Å². The minimum atomic E-state index is -1.01. The average molecular weight is 464 g/mol. The van der Waals surface area contributed by atoms with Gasteiger partial charge in [0.15, 0.2) is 0 Å². The molecule has 3 heterocycles. The van der Waals surface area contributed by atoms with Crippen molar-refractivity contribution in [1.82, 2.24) is 15.0 Å². The Balaban J connectivity index is 0.00000274. The van der Waals surface area contributed by atoms with E-state index in [2.05, 4.69) is 25.4 Å². The number of aromatic nitrogens is 2. The molecule has 0 fully saturated rings. The highest BCUT2D eigenvalue weighted by molar-refractivity contribution is 6.11. The lowest BCUT2D eigenvalue weighted by molar-refractivity contribution is 0.0697. The molecule has 2 N–H and O–H groups in total. The van der Waals surface area contributed by atoms with Gasteiger partial charge >= 0.3 is 5.97 Å². The lowest BCUT2D eigenvalue weighted by Gasteiger charge is -2.25. The molecule has 0 bridgehead atoms. The van der Waals surface area contributed by atoms with E-state index in [1.54, 1.807) is 36.6 Å². The number of rotatable bonds is 4. The highest BCUT2D eigenvalue weighted by Gasteiger charge is 2.40. The van der Waals surface area contributed by atoms with Gasteiger partial charge in [-0.1, -0.05) is 13.5 Å². The molecule has 8 nitrogen and oxygen atoms in total. The highest BCUT2D eigenvalue weighted by Crippen LogP contribution is 2.38. The van der Waals surface area contributed by atoms with Gasteiger partial charge in [0.05, 0.1) is 35.0 Å². The van der Waals surface area contributed by atoms with Crippen LogP contribution in [0, 0.1) is 17.6 Å². The Hall–Kier alpha value is -4.21. The van der Waals surface area contributed by atoms with Crippen LogP contribution in [0.4, 0.5) is 20.4 Å². The molecule has 0 radical (unpaired) electrons. The van der Waals surface area contributed by atoms with E-state index in [9.17, 15) is 13.6 Å². The van der Waals surface area contributed by atoms with Gasteiger partial charge in [0.25, 0.3) is 0 Å². The summed E-state index contributed by atoms with van der Waals surface area (Å²) in [6.45, 7) is 0.167. The van der Waals surface area contributed by atoms with Crippen LogP contribution >= 0.6 is 0 Å². The molecule has 3 aromatic rings. The topological polar surface area (TPSA) is 103 Å². The van der Waals surface area contributed by atoms with Gasteiger partial charge in [0.2, 0.25) is 5.95 Å². The number of carboxylic acid groups (broad SMARTS) is 1. The van der Waals surface area contributed by atoms with Gasteiger partial charge < -0.3 is 10.4 Å².